The van der Waals surface area contributed by atoms with E-state index in [0.717, 1.165) is 5.69 Å². The molecule has 0 saturated carbocycles. The van der Waals surface area contributed by atoms with E-state index in [4.69, 9.17) is 4.74 Å². The number of amides is 2. The van der Waals surface area contributed by atoms with Crippen LogP contribution >= 0.6 is 0 Å². The van der Waals surface area contributed by atoms with Gasteiger partial charge in [0.05, 0.1) is 11.3 Å². The number of rotatable bonds is 4. The number of carbonyl (C=O) groups is 2. The lowest BCUT2D eigenvalue weighted by Gasteiger charge is -2.23. The minimum atomic E-state index is -0.574. The zero-order chi connectivity index (χ0) is 15.4. The Morgan fingerprint density at radius 1 is 1.48 bits per heavy atom. The van der Waals surface area contributed by atoms with Gasteiger partial charge in [0.15, 0.2) is 5.75 Å². The number of hydrogen-bond acceptors (Lipinski definition) is 4. The molecule has 1 aromatic rings. The molecule has 0 spiro atoms. The van der Waals surface area contributed by atoms with Crippen LogP contribution in [0.2, 0.25) is 0 Å². The first-order valence-electron chi connectivity index (χ1n) is 7.10. The quantitative estimate of drug-likeness (QED) is 0.871. The second-order valence-electron chi connectivity index (χ2n) is 5.01. The van der Waals surface area contributed by atoms with E-state index in [0.29, 0.717) is 31.0 Å². The Kier molecular flexibility index (Phi) is 4.67. The average molecular weight is 291 g/mol. The zero-order valence-corrected chi connectivity index (χ0v) is 12.6. The van der Waals surface area contributed by atoms with Gasteiger partial charge in [-0.05, 0) is 26.0 Å². The van der Waals surface area contributed by atoms with Gasteiger partial charge in [-0.15, -0.1) is 0 Å². The van der Waals surface area contributed by atoms with Crippen molar-refractivity contribution in [3.63, 3.8) is 0 Å². The van der Waals surface area contributed by atoms with E-state index in [-0.39, 0.29) is 11.8 Å². The summed E-state index contributed by atoms with van der Waals surface area (Å²) in [5.41, 5.74) is 1.25. The Hall–Kier alpha value is -2.24. The summed E-state index contributed by atoms with van der Waals surface area (Å²) in [6, 6.07) is 4.78. The third-order valence-corrected chi connectivity index (χ3v) is 3.49. The number of hydrogen-bond donors (Lipinski definition) is 2. The Morgan fingerprint density at radius 3 is 2.95 bits per heavy atom. The van der Waals surface area contributed by atoms with Crippen LogP contribution < -0.4 is 15.4 Å². The zero-order valence-electron chi connectivity index (χ0n) is 12.6. The second-order valence-corrected chi connectivity index (χ2v) is 5.01. The number of nitrogens with zero attached hydrogens (tertiary/aromatic N) is 1. The van der Waals surface area contributed by atoms with Gasteiger partial charge in [0.1, 0.15) is 12.6 Å². The molecule has 0 aliphatic carbocycles. The van der Waals surface area contributed by atoms with Gasteiger partial charge in [-0.3, -0.25) is 9.59 Å². The van der Waals surface area contributed by atoms with Gasteiger partial charge in [0.25, 0.3) is 5.91 Å². The fraction of sp³-hybridized carbons (Fsp3) is 0.467. The molecule has 1 aromatic carbocycles. The van der Waals surface area contributed by atoms with Crippen molar-refractivity contribution in [1.29, 1.82) is 0 Å². The molecule has 1 heterocycles. The van der Waals surface area contributed by atoms with Gasteiger partial charge in [-0.2, -0.15) is 0 Å². The predicted molar refractivity (Wildman–Crippen MR) is 80.7 cm³/mol. The summed E-state index contributed by atoms with van der Waals surface area (Å²) in [6.45, 7) is 5.41. The van der Waals surface area contributed by atoms with E-state index in [1.165, 1.54) is 0 Å². The Labute approximate surface area is 124 Å². The highest BCUT2D eigenvalue weighted by Gasteiger charge is 2.23. The molecule has 1 atom stereocenters. The van der Waals surface area contributed by atoms with Crippen molar-refractivity contribution in [3.8, 4) is 5.75 Å². The summed E-state index contributed by atoms with van der Waals surface area (Å²) in [6.07, 6.45) is 0. The lowest BCUT2D eigenvalue weighted by Crippen LogP contribution is -2.45. The van der Waals surface area contributed by atoms with Crippen molar-refractivity contribution in [1.82, 2.24) is 10.2 Å². The van der Waals surface area contributed by atoms with Crippen LogP contribution in [0.15, 0.2) is 18.2 Å². The van der Waals surface area contributed by atoms with Crippen LogP contribution in [-0.4, -0.2) is 49.5 Å². The molecular formula is C15H21N3O3. The minimum absolute atomic E-state index is 0.116. The molecule has 0 radical (unpaired) electrons. The van der Waals surface area contributed by atoms with Crippen LogP contribution in [0.5, 0.6) is 5.75 Å². The second kappa shape index (κ2) is 6.47. The number of carbonyl (C=O) groups excluding carboxylic acids is 2. The predicted octanol–water partition coefficient (Wildman–Crippen LogP) is 1.09. The maximum atomic E-state index is 12.4. The average Bonchev–Trinajstić information content (AvgIpc) is 2.52. The maximum Gasteiger partial charge on any atom is 0.255 e. The van der Waals surface area contributed by atoms with E-state index in [2.05, 4.69) is 10.6 Å². The van der Waals surface area contributed by atoms with Crippen molar-refractivity contribution in [3.05, 3.63) is 23.8 Å². The molecule has 6 nitrogen and oxygen atoms in total. The van der Waals surface area contributed by atoms with Crippen LogP contribution in [0.1, 0.15) is 24.2 Å². The number of para-hydroxylation sites is 1. The standard InChI is InChI=1S/C15H21N3O3/c1-4-18(3)15(20)10(2)17-14(19)11-6-5-7-12-13(11)21-9-8-16-12/h5-7,10,16H,4,8-9H2,1-3H3,(H,17,19). The summed E-state index contributed by atoms with van der Waals surface area (Å²) >= 11 is 0. The van der Waals surface area contributed by atoms with Crippen LogP contribution in [0, 0.1) is 0 Å². The van der Waals surface area contributed by atoms with Gasteiger partial charge in [-0.25, -0.2) is 0 Å². The summed E-state index contributed by atoms with van der Waals surface area (Å²) in [7, 11) is 1.71. The highest BCUT2D eigenvalue weighted by atomic mass is 16.5. The minimum Gasteiger partial charge on any atom is -0.489 e. The van der Waals surface area contributed by atoms with E-state index in [9.17, 15) is 9.59 Å². The van der Waals surface area contributed by atoms with Crippen LogP contribution in [0.3, 0.4) is 0 Å². The first-order valence-corrected chi connectivity index (χ1v) is 7.10. The molecule has 2 rings (SSSR count). The molecule has 2 amide bonds. The number of likely N-dealkylation sites (N-methyl/N-ethyl adjacent to an activating group) is 1. The number of anilines is 1. The third kappa shape index (κ3) is 3.26. The summed E-state index contributed by atoms with van der Waals surface area (Å²) in [4.78, 5) is 25.9. The SMILES string of the molecule is CCN(C)C(=O)C(C)NC(=O)c1cccc2c1OCCN2. The molecule has 21 heavy (non-hydrogen) atoms. The molecule has 0 aromatic heterocycles. The van der Waals surface area contributed by atoms with Crippen molar-refractivity contribution in [2.75, 3.05) is 32.1 Å². The van der Waals surface area contributed by atoms with E-state index in [1.54, 1.807) is 31.0 Å². The fourth-order valence-electron chi connectivity index (χ4n) is 2.17. The van der Waals surface area contributed by atoms with Crippen molar-refractivity contribution in [2.24, 2.45) is 0 Å². The van der Waals surface area contributed by atoms with Gasteiger partial charge in [-0.1, -0.05) is 6.07 Å². The van der Waals surface area contributed by atoms with Gasteiger partial charge >= 0.3 is 0 Å². The van der Waals surface area contributed by atoms with Gasteiger partial charge in [0.2, 0.25) is 5.91 Å². The van der Waals surface area contributed by atoms with E-state index >= 15 is 0 Å². The summed E-state index contributed by atoms with van der Waals surface area (Å²) in [5.74, 6) is 0.125. The van der Waals surface area contributed by atoms with Gasteiger partial charge < -0.3 is 20.3 Å². The van der Waals surface area contributed by atoms with E-state index in [1.807, 2.05) is 13.0 Å². The van der Waals surface area contributed by atoms with Crippen LogP contribution in [-0.2, 0) is 4.79 Å². The van der Waals surface area contributed by atoms with Crippen molar-refractivity contribution < 1.29 is 14.3 Å². The molecule has 2 N–H and O–H groups in total. The molecule has 0 fully saturated rings. The Morgan fingerprint density at radius 2 is 2.24 bits per heavy atom. The molecule has 6 heteroatoms. The largest absolute Gasteiger partial charge is 0.489 e. The lowest BCUT2D eigenvalue weighted by molar-refractivity contribution is -0.131. The molecule has 1 unspecified atom stereocenters. The topological polar surface area (TPSA) is 70.7 Å². The molecule has 0 bridgehead atoms. The smallest absolute Gasteiger partial charge is 0.255 e. The van der Waals surface area contributed by atoms with Crippen molar-refractivity contribution in [2.45, 2.75) is 19.9 Å². The van der Waals surface area contributed by atoms with Gasteiger partial charge in [0, 0.05) is 20.1 Å². The lowest BCUT2D eigenvalue weighted by atomic mass is 10.1. The Balaban J connectivity index is 2.12. The fourth-order valence-corrected chi connectivity index (χ4v) is 2.17. The number of benzene rings is 1. The van der Waals surface area contributed by atoms with E-state index < -0.39 is 6.04 Å². The molecule has 0 saturated heterocycles. The maximum absolute atomic E-state index is 12.4. The number of nitrogens with one attached hydrogen (secondary N) is 2. The first-order chi connectivity index (χ1) is 10.0. The van der Waals surface area contributed by atoms with Crippen LogP contribution in [0.4, 0.5) is 5.69 Å². The normalized spacial score (nSPS) is 14.2. The highest BCUT2D eigenvalue weighted by Crippen LogP contribution is 2.31. The number of fused-ring (bicyclic) bond motifs is 1. The molecular weight excluding hydrogens is 270 g/mol. The third-order valence-electron chi connectivity index (χ3n) is 3.49. The molecule has 1 aliphatic heterocycles. The first kappa shape index (κ1) is 15.2. The Bertz CT molecular complexity index is 545. The van der Waals surface area contributed by atoms with Crippen LogP contribution in [0.25, 0.3) is 0 Å². The summed E-state index contributed by atoms with van der Waals surface area (Å²) in [5, 5.41) is 5.90. The molecule has 1 aliphatic rings. The highest BCUT2D eigenvalue weighted by molar-refractivity contribution is 6.01. The molecule has 114 valence electrons. The summed E-state index contributed by atoms with van der Waals surface area (Å²) < 4.78 is 5.57. The van der Waals surface area contributed by atoms with Crippen molar-refractivity contribution >= 4 is 17.5 Å². The monoisotopic (exact) mass is 291 g/mol. The number of ether oxygens (including phenoxy) is 1.